The van der Waals surface area contributed by atoms with Gasteiger partial charge < -0.3 is 4.74 Å². The van der Waals surface area contributed by atoms with E-state index in [2.05, 4.69) is 20.7 Å². The highest BCUT2D eigenvalue weighted by Gasteiger charge is 2.35. The van der Waals surface area contributed by atoms with Crippen LogP contribution in [0.3, 0.4) is 0 Å². The minimum absolute atomic E-state index is 0.221. The monoisotopic (exact) mass is 313 g/mol. The topological polar surface area (TPSA) is 55.4 Å². The van der Waals surface area contributed by atoms with E-state index in [1.165, 1.54) is 0 Å². The van der Waals surface area contributed by atoms with Crippen LogP contribution in [-0.4, -0.2) is 38.3 Å². The number of unbranched alkanes of at least 4 members (excludes halogenated alkanes) is 1. The van der Waals surface area contributed by atoms with Gasteiger partial charge in [-0.3, -0.25) is 0 Å². The predicted molar refractivity (Wildman–Crippen MR) is 68.4 cm³/mol. The van der Waals surface area contributed by atoms with Crippen LogP contribution in [-0.2, 0) is 14.8 Å². The van der Waals surface area contributed by atoms with Crippen LogP contribution in [0.1, 0.15) is 32.6 Å². The first-order valence-electron chi connectivity index (χ1n) is 5.69. The number of hydrogen-bond donors (Lipinski definition) is 1. The van der Waals surface area contributed by atoms with E-state index in [0.29, 0.717) is 25.0 Å². The molecule has 0 aromatic heterocycles. The number of halogens is 1. The number of sulfonamides is 1. The van der Waals surface area contributed by atoms with Crippen molar-refractivity contribution in [3.8, 4) is 0 Å². The zero-order chi connectivity index (χ0) is 12.1. The minimum Gasteiger partial charge on any atom is -0.381 e. The van der Waals surface area contributed by atoms with Gasteiger partial charge in [-0.2, -0.15) is 0 Å². The first-order chi connectivity index (χ1) is 7.54. The van der Waals surface area contributed by atoms with Crippen LogP contribution < -0.4 is 4.72 Å². The number of rotatable bonds is 6. The lowest BCUT2D eigenvalue weighted by Crippen LogP contribution is -2.53. The fourth-order valence-corrected chi connectivity index (χ4v) is 4.33. The van der Waals surface area contributed by atoms with Crippen molar-refractivity contribution >= 4 is 26.0 Å². The fourth-order valence-electron chi connectivity index (χ4n) is 1.74. The first-order valence-corrected chi connectivity index (χ1v) is 8.46. The van der Waals surface area contributed by atoms with Crippen LogP contribution in [0.15, 0.2) is 0 Å². The summed E-state index contributed by atoms with van der Waals surface area (Å²) in [6, 6.07) is 0. The molecular formula is C10H20BrNO3S. The molecule has 0 atom stereocenters. The highest BCUT2D eigenvalue weighted by molar-refractivity contribution is 9.09. The summed E-state index contributed by atoms with van der Waals surface area (Å²) in [5, 5.41) is 0.648. The van der Waals surface area contributed by atoms with E-state index in [9.17, 15) is 8.42 Å². The smallest absolute Gasteiger partial charge is 0.212 e. The molecule has 1 heterocycles. The van der Waals surface area contributed by atoms with Gasteiger partial charge in [-0.25, -0.2) is 13.1 Å². The maximum Gasteiger partial charge on any atom is 0.212 e. The summed E-state index contributed by atoms with van der Waals surface area (Å²) in [5.74, 6) is 0.221. The van der Waals surface area contributed by atoms with Crippen molar-refractivity contribution in [2.75, 3.05) is 24.3 Å². The molecule has 1 aliphatic rings. The number of alkyl halides is 1. The molecule has 1 saturated heterocycles. The van der Waals surface area contributed by atoms with Gasteiger partial charge in [-0.05, 0) is 19.3 Å². The zero-order valence-electron chi connectivity index (χ0n) is 9.67. The Morgan fingerprint density at radius 2 is 2.00 bits per heavy atom. The van der Waals surface area contributed by atoms with Crippen LogP contribution in [0.5, 0.6) is 0 Å². The van der Waals surface area contributed by atoms with Gasteiger partial charge in [-0.15, -0.1) is 0 Å². The largest absolute Gasteiger partial charge is 0.381 e. The van der Waals surface area contributed by atoms with Crippen LogP contribution in [0, 0.1) is 0 Å². The Labute approximate surface area is 106 Å². The third-order valence-electron chi connectivity index (χ3n) is 2.84. The maximum absolute atomic E-state index is 11.8. The van der Waals surface area contributed by atoms with Gasteiger partial charge in [0, 0.05) is 24.1 Å². The summed E-state index contributed by atoms with van der Waals surface area (Å²) in [5.41, 5.74) is -0.342. The van der Waals surface area contributed by atoms with Gasteiger partial charge in [-0.1, -0.05) is 29.3 Å². The Morgan fingerprint density at radius 1 is 1.38 bits per heavy atom. The van der Waals surface area contributed by atoms with Crippen LogP contribution in [0.25, 0.3) is 0 Å². The molecule has 0 spiro atoms. The Morgan fingerprint density at radius 3 is 2.50 bits per heavy atom. The zero-order valence-corrected chi connectivity index (χ0v) is 12.1. The van der Waals surface area contributed by atoms with Crippen LogP contribution >= 0.6 is 15.9 Å². The summed E-state index contributed by atoms with van der Waals surface area (Å²) in [6.07, 6.45) is 3.09. The molecule has 0 aromatic carbocycles. The van der Waals surface area contributed by atoms with Crippen molar-refractivity contribution in [1.29, 1.82) is 0 Å². The van der Waals surface area contributed by atoms with E-state index in [0.717, 1.165) is 19.3 Å². The Hall–Kier alpha value is 0.350. The first kappa shape index (κ1) is 14.4. The molecule has 0 radical (unpaired) electrons. The van der Waals surface area contributed by atoms with Crippen LogP contribution in [0.4, 0.5) is 0 Å². The van der Waals surface area contributed by atoms with Gasteiger partial charge >= 0.3 is 0 Å². The molecule has 0 aromatic rings. The van der Waals surface area contributed by atoms with E-state index in [4.69, 9.17) is 4.74 Å². The maximum atomic E-state index is 11.8. The highest BCUT2D eigenvalue weighted by Crippen LogP contribution is 2.24. The van der Waals surface area contributed by atoms with Gasteiger partial charge in [0.25, 0.3) is 0 Å². The predicted octanol–water partition coefficient (Wildman–Crippen LogP) is 1.65. The van der Waals surface area contributed by atoms with E-state index in [1.807, 2.05) is 6.92 Å². The van der Waals surface area contributed by atoms with E-state index < -0.39 is 10.0 Å². The third kappa shape index (κ3) is 4.31. The average Bonchev–Trinajstić information content (AvgIpc) is 2.27. The van der Waals surface area contributed by atoms with E-state index >= 15 is 0 Å². The van der Waals surface area contributed by atoms with Crippen molar-refractivity contribution in [3.63, 3.8) is 0 Å². The van der Waals surface area contributed by atoms with Crippen LogP contribution in [0.2, 0.25) is 0 Å². The molecule has 0 amide bonds. The summed E-state index contributed by atoms with van der Waals surface area (Å²) < 4.78 is 31.8. The molecule has 0 bridgehead atoms. The SMILES string of the molecule is CCCCS(=O)(=O)NC1(CBr)CCOCC1. The molecular weight excluding hydrogens is 294 g/mol. The molecule has 16 heavy (non-hydrogen) atoms. The molecule has 0 saturated carbocycles. The van der Waals surface area contributed by atoms with Gasteiger partial charge in [0.05, 0.1) is 5.75 Å². The fraction of sp³-hybridized carbons (Fsp3) is 1.00. The molecule has 4 nitrogen and oxygen atoms in total. The minimum atomic E-state index is -3.15. The van der Waals surface area contributed by atoms with Gasteiger partial charge in [0.15, 0.2) is 0 Å². The van der Waals surface area contributed by atoms with E-state index in [1.54, 1.807) is 0 Å². The third-order valence-corrected chi connectivity index (χ3v) is 5.49. The molecule has 1 rings (SSSR count). The molecule has 0 aliphatic carbocycles. The molecule has 1 aliphatic heterocycles. The lowest BCUT2D eigenvalue weighted by Gasteiger charge is -2.36. The van der Waals surface area contributed by atoms with Crippen molar-refractivity contribution in [2.24, 2.45) is 0 Å². The number of hydrogen-bond acceptors (Lipinski definition) is 3. The lowest BCUT2D eigenvalue weighted by atomic mass is 9.94. The van der Waals surface area contributed by atoms with Gasteiger partial charge in [0.2, 0.25) is 10.0 Å². The summed E-state index contributed by atoms with van der Waals surface area (Å²) in [6.45, 7) is 3.24. The Balaban J connectivity index is 2.61. The van der Waals surface area contributed by atoms with Crippen molar-refractivity contribution in [1.82, 2.24) is 4.72 Å². The normalized spacial score (nSPS) is 20.9. The molecule has 96 valence electrons. The van der Waals surface area contributed by atoms with Crippen molar-refractivity contribution in [3.05, 3.63) is 0 Å². The Kier molecular flexibility index (Phi) is 5.70. The van der Waals surface area contributed by atoms with Crippen molar-refractivity contribution in [2.45, 2.75) is 38.1 Å². The molecule has 1 N–H and O–H groups in total. The van der Waals surface area contributed by atoms with Crippen molar-refractivity contribution < 1.29 is 13.2 Å². The standard InChI is InChI=1S/C10H20BrNO3S/c1-2-3-8-16(13,14)12-10(9-11)4-6-15-7-5-10/h12H,2-9H2,1H3. The number of ether oxygens (including phenoxy) is 1. The summed E-state index contributed by atoms with van der Waals surface area (Å²) in [7, 11) is -3.15. The molecule has 1 fully saturated rings. The molecule has 0 unspecified atom stereocenters. The second kappa shape index (κ2) is 6.33. The summed E-state index contributed by atoms with van der Waals surface area (Å²) in [4.78, 5) is 0. The highest BCUT2D eigenvalue weighted by atomic mass is 79.9. The second-order valence-corrected chi connectivity index (χ2v) is 6.70. The van der Waals surface area contributed by atoms with E-state index in [-0.39, 0.29) is 11.3 Å². The number of nitrogens with one attached hydrogen (secondary N) is 1. The average molecular weight is 314 g/mol. The summed E-state index contributed by atoms with van der Waals surface area (Å²) >= 11 is 3.41. The van der Waals surface area contributed by atoms with Gasteiger partial charge in [0.1, 0.15) is 0 Å². The molecule has 6 heteroatoms. The quantitative estimate of drug-likeness (QED) is 0.759. The second-order valence-electron chi connectivity index (χ2n) is 4.30. The Bertz CT molecular complexity index is 299. The lowest BCUT2D eigenvalue weighted by molar-refractivity contribution is 0.0557.